The fraction of sp³-hybridized carbons (Fsp3) is 0.364. The standard InChI is InChI=1S/C11H12ClN3O3S/c12-11-15-14-10(19-11)9(16)13-4-2-5-17-7-8-3-1-6-18-8/h1,3,6H,2,4-5,7H2,(H,13,16). The molecule has 2 heterocycles. The topological polar surface area (TPSA) is 77.2 Å². The van der Waals surface area contributed by atoms with Gasteiger partial charge in [0.2, 0.25) is 9.47 Å². The van der Waals surface area contributed by atoms with Crippen molar-refractivity contribution in [2.24, 2.45) is 0 Å². The van der Waals surface area contributed by atoms with Crippen LogP contribution in [0.25, 0.3) is 0 Å². The van der Waals surface area contributed by atoms with E-state index < -0.39 is 0 Å². The van der Waals surface area contributed by atoms with E-state index in [9.17, 15) is 4.79 Å². The Bertz CT molecular complexity index is 515. The van der Waals surface area contributed by atoms with Crippen molar-refractivity contribution < 1.29 is 13.9 Å². The lowest BCUT2D eigenvalue weighted by atomic mass is 10.4. The van der Waals surface area contributed by atoms with Crippen LogP contribution in [0, 0.1) is 0 Å². The first-order valence-corrected chi connectivity index (χ1v) is 6.82. The van der Waals surface area contributed by atoms with Crippen LogP contribution in [0.2, 0.25) is 4.47 Å². The fourth-order valence-electron chi connectivity index (χ4n) is 1.32. The lowest BCUT2D eigenvalue weighted by Crippen LogP contribution is -2.25. The molecule has 0 spiro atoms. The van der Waals surface area contributed by atoms with E-state index in [0.29, 0.717) is 26.2 Å². The largest absolute Gasteiger partial charge is 0.467 e. The zero-order valence-corrected chi connectivity index (χ0v) is 11.5. The number of amides is 1. The fourth-order valence-corrected chi connectivity index (χ4v) is 2.06. The Morgan fingerprint density at radius 3 is 3.11 bits per heavy atom. The summed E-state index contributed by atoms with van der Waals surface area (Å²) >= 11 is 6.64. The molecule has 0 bridgehead atoms. The molecule has 102 valence electrons. The predicted molar refractivity (Wildman–Crippen MR) is 70.2 cm³/mol. The summed E-state index contributed by atoms with van der Waals surface area (Å²) in [6.07, 6.45) is 2.31. The molecule has 19 heavy (non-hydrogen) atoms. The van der Waals surface area contributed by atoms with Crippen LogP contribution in [0.15, 0.2) is 22.8 Å². The molecule has 1 amide bonds. The van der Waals surface area contributed by atoms with E-state index in [1.807, 2.05) is 12.1 Å². The van der Waals surface area contributed by atoms with Gasteiger partial charge < -0.3 is 14.5 Å². The lowest BCUT2D eigenvalue weighted by Gasteiger charge is -2.03. The number of hydrogen-bond donors (Lipinski definition) is 1. The normalized spacial score (nSPS) is 10.6. The quantitative estimate of drug-likeness (QED) is 0.793. The number of nitrogens with zero attached hydrogens (tertiary/aromatic N) is 2. The van der Waals surface area contributed by atoms with Crippen molar-refractivity contribution in [3.8, 4) is 0 Å². The molecule has 0 aliphatic rings. The molecule has 2 aromatic rings. The molecule has 0 saturated heterocycles. The van der Waals surface area contributed by atoms with Gasteiger partial charge in [-0.15, -0.1) is 10.2 Å². The number of furan rings is 1. The van der Waals surface area contributed by atoms with Crippen molar-refractivity contribution in [3.63, 3.8) is 0 Å². The Kier molecular flexibility index (Phi) is 5.31. The summed E-state index contributed by atoms with van der Waals surface area (Å²) in [6.45, 7) is 1.49. The highest BCUT2D eigenvalue weighted by Gasteiger charge is 2.10. The maximum Gasteiger partial charge on any atom is 0.282 e. The Morgan fingerprint density at radius 2 is 2.42 bits per heavy atom. The molecule has 0 aliphatic carbocycles. The van der Waals surface area contributed by atoms with E-state index in [1.54, 1.807) is 6.26 Å². The molecular weight excluding hydrogens is 290 g/mol. The summed E-state index contributed by atoms with van der Waals surface area (Å²) in [4.78, 5) is 11.6. The number of rotatable bonds is 7. The monoisotopic (exact) mass is 301 g/mol. The van der Waals surface area contributed by atoms with Gasteiger partial charge in [0.05, 0.1) is 6.26 Å². The zero-order chi connectivity index (χ0) is 13.5. The predicted octanol–water partition coefficient (Wildman–Crippen LogP) is 2.12. The van der Waals surface area contributed by atoms with E-state index in [4.69, 9.17) is 20.8 Å². The third kappa shape index (κ3) is 4.62. The summed E-state index contributed by atoms with van der Waals surface area (Å²) in [6, 6.07) is 3.66. The molecule has 0 atom stereocenters. The summed E-state index contributed by atoms with van der Waals surface area (Å²) in [5, 5.41) is 10.2. The van der Waals surface area contributed by atoms with E-state index in [2.05, 4.69) is 15.5 Å². The maximum atomic E-state index is 11.6. The molecule has 0 fully saturated rings. The molecule has 6 nitrogen and oxygen atoms in total. The first kappa shape index (κ1) is 14.0. The second-order valence-electron chi connectivity index (χ2n) is 3.60. The second kappa shape index (κ2) is 7.22. The first-order valence-electron chi connectivity index (χ1n) is 5.63. The maximum absolute atomic E-state index is 11.6. The minimum absolute atomic E-state index is 0.256. The van der Waals surface area contributed by atoms with Crippen molar-refractivity contribution in [3.05, 3.63) is 33.6 Å². The molecule has 2 rings (SSSR count). The number of ether oxygens (including phenoxy) is 1. The van der Waals surface area contributed by atoms with Gasteiger partial charge >= 0.3 is 0 Å². The molecule has 1 N–H and O–H groups in total. The molecule has 0 radical (unpaired) electrons. The van der Waals surface area contributed by atoms with Crippen LogP contribution >= 0.6 is 22.9 Å². The Morgan fingerprint density at radius 1 is 1.53 bits per heavy atom. The van der Waals surface area contributed by atoms with Crippen LogP contribution in [0.1, 0.15) is 22.0 Å². The van der Waals surface area contributed by atoms with E-state index in [-0.39, 0.29) is 15.4 Å². The minimum Gasteiger partial charge on any atom is -0.467 e. The van der Waals surface area contributed by atoms with Crippen molar-refractivity contribution in [1.29, 1.82) is 0 Å². The van der Waals surface area contributed by atoms with Crippen molar-refractivity contribution in [2.45, 2.75) is 13.0 Å². The van der Waals surface area contributed by atoms with Gasteiger partial charge in [0, 0.05) is 13.2 Å². The van der Waals surface area contributed by atoms with Crippen LogP contribution in [0.3, 0.4) is 0 Å². The third-order valence-corrected chi connectivity index (χ3v) is 3.19. The van der Waals surface area contributed by atoms with Crippen molar-refractivity contribution in [2.75, 3.05) is 13.2 Å². The lowest BCUT2D eigenvalue weighted by molar-refractivity contribution is 0.0916. The number of hydrogen-bond acceptors (Lipinski definition) is 6. The molecule has 0 aromatic carbocycles. The number of halogens is 1. The summed E-state index contributed by atoms with van der Waals surface area (Å²) in [7, 11) is 0. The van der Waals surface area contributed by atoms with Gasteiger partial charge in [-0.3, -0.25) is 4.79 Å². The molecule has 0 aliphatic heterocycles. The van der Waals surface area contributed by atoms with Crippen LogP contribution in [-0.2, 0) is 11.3 Å². The highest BCUT2D eigenvalue weighted by atomic mass is 35.5. The molecular formula is C11H12ClN3O3S. The van der Waals surface area contributed by atoms with Gasteiger partial charge in [-0.05, 0) is 30.2 Å². The van der Waals surface area contributed by atoms with E-state index in [0.717, 1.165) is 17.1 Å². The van der Waals surface area contributed by atoms with Gasteiger partial charge in [0.1, 0.15) is 12.4 Å². The van der Waals surface area contributed by atoms with Gasteiger partial charge in [-0.2, -0.15) is 0 Å². The molecule has 2 aromatic heterocycles. The van der Waals surface area contributed by atoms with Gasteiger partial charge in [0.25, 0.3) is 5.91 Å². The highest BCUT2D eigenvalue weighted by molar-refractivity contribution is 7.17. The van der Waals surface area contributed by atoms with Crippen molar-refractivity contribution in [1.82, 2.24) is 15.5 Å². The number of nitrogens with one attached hydrogen (secondary N) is 1. The SMILES string of the molecule is O=C(NCCCOCc1ccco1)c1nnc(Cl)s1. The van der Waals surface area contributed by atoms with E-state index >= 15 is 0 Å². The minimum atomic E-state index is -0.268. The highest BCUT2D eigenvalue weighted by Crippen LogP contribution is 2.14. The Balaban J connectivity index is 1.55. The van der Waals surface area contributed by atoms with Gasteiger partial charge in [-0.1, -0.05) is 11.3 Å². The van der Waals surface area contributed by atoms with Crippen LogP contribution < -0.4 is 5.32 Å². The first-order chi connectivity index (χ1) is 9.25. The molecule has 0 unspecified atom stereocenters. The summed E-state index contributed by atoms with van der Waals surface area (Å²) < 4.78 is 10.8. The Labute approximate surface area is 118 Å². The average Bonchev–Trinajstić information content (AvgIpc) is 3.04. The smallest absolute Gasteiger partial charge is 0.282 e. The number of aromatic nitrogens is 2. The number of carbonyl (C=O) groups excluding carboxylic acids is 1. The van der Waals surface area contributed by atoms with Crippen LogP contribution in [0.4, 0.5) is 0 Å². The molecule has 8 heteroatoms. The van der Waals surface area contributed by atoms with Crippen LogP contribution in [-0.4, -0.2) is 29.3 Å². The van der Waals surface area contributed by atoms with Crippen LogP contribution in [0.5, 0.6) is 0 Å². The van der Waals surface area contributed by atoms with Gasteiger partial charge in [-0.25, -0.2) is 0 Å². The Hall–Kier alpha value is -1.44. The zero-order valence-electron chi connectivity index (χ0n) is 9.97. The van der Waals surface area contributed by atoms with E-state index in [1.165, 1.54) is 0 Å². The number of carbonyl (C=O) groups is 1. The third-order valence-electron chi connectivity index (χ3n) is 2.17. The summed E-state index contributed by atoms with van der Waals surface area (Å²) in [5.74, 6) is 0.517. The van der Waals surface area contributed by atoms with Crippen molar-refractivity contribution >= 4 is 28.8 Å². The van der Waals surface area contributed by atoms with Gasteiger partial charge in [0.15, 0.2) is 0 Å². The second-order valence-corrected chi connectivity index (χ2v) is 5.16. The molecule has 0 saturated carbocycles. The average molecular weight is 302 g/mol. The summed E-state index contributed by atoms with van der Waals surface area (Å²) in [5.41, 5.74) is 0.